The van der Waals surface area contributed by atoms with Crippen molar-refractivity contribution in [1.29, 1.82) is 0 Å². The van der Waals surface area contributed by atoms with Crippen LogP contribution in [-0.2, 0) is 11.3 Å². The summed E-state index contributed by atoms with van der Waals surface area (Å²) in [5, 5.41) is 11.9. The van der Waals surface area contributed by atoms with Crippen LogP contribution in [0.25, 0.3) is 17.1 Å². The van der Waals surface area contributed by atoms with Crippen LogP contribution in [-0.4, -0.2) is 27.3 Å². The molecule has 106 valence electrons. The molecule has 0 aliphatic carbocycles. The van der Waals surface area contributed by atoms with Gasteiger partial charge in [0.05, 0.1) is 12.3 Å². The van der Waals surface area contributed by atoms with Crippen LogP contribution in [0.4, 0.5) is 5.69 Å². The average Bonchev–Trinajstić information content (AvgIpc) is 2.97. The molecule has 0 amide bonds. The summed E-state index contributed by atoms with van der Waals surface area (Å²) in [7, 11) is 1.67. The Labute approximate surface area is 122 Å². The van der Waals surface area contributed by atoms with Crippen molar-refractivity contribution in [2.45, 2.75) is 6.61 Å². The summed E-state index contributed by atoms with van der Waals surface area (Å²) in [6.07, 6.45) is 0. The number of ether oxygens (including phenoxy) is 1. The Hall–Kier alpha value is -2.73. The minimum absolute atomic E-state index is 0.545. The first kappa shape index (κ1) is 13.3. The molecule has 3 rings (SSSR count). The van der Waals surface area contributed by atoms with Gasteiger partial charge < -0.3 is 10.5 Å². The van der Waals surface area contributed by atoms with Crippen LogP contribution in [0, 0.1) is 0 Å². The molecule has 0 atom stereocenters. The Morgan fingerprint density at radius 2 is 2.00 bits per heavy atom. The van der Waals surface area contributed by atoms with E-state index >= 15 is 0 Å². The number of rotatable bonds is 4. The number of hydrogen-bond donors (Lipinski definition) is 1. The molecule has 3 aromatic rings. The van der Waals surface area contributed by atoms with Gasteiger partial charge in [0.15, 0.2) is 5.82 Å². The Balaban J connectivity index is 2.05. The van der Waals surface area contributed by atoms with Crippen LogP contribution in [0.5, 0.6) is 0 Å². The molecule has 1 heterocycles. The molecule has 0 aliphatic heterocycles. The molecular formula is C15H15N5O. The van der Waals surface area contributed by atoms with Gasteiger partial charge in [-0.2, -0.15) is 4.68 Å². The topological polar surface area (TPSA) is 78.8 Å². The predicted molar refractivity (Wildman–Crippen MR) is 79.7 cm³/mol. The number of nitrogen functional groups attached to an aromatic ring is 1. The first-order valence-electron chi connectivity index (χ1n) is 6.50. The van der Waals surface area contributed by atoms with Gasteiger partial charge in [-0.25, -0.2) is 0 Å². The Morgan fingerprint density at radius 1 is 1.14 bits per heavy atom. The zero-order chi connectivity index (χ0) is 14.7. The second-order valence-corrected chi connectivity index (χ2v) is 4.64. The molecule has 2 N–H and O–H groups in total. The van der Waals surface area contributed by atoms with E-state index in [4.69, 9.17) is 10.5 Å². The van der Waals surface area contributed by atoms with E-state index in [0.29, 0.717) is 18.1 Å². The van der Waals surface area contributed by atoms with Gasteiger partial charge in [0, 0.05) is 18.4 Å². The molecule has 0 saturated heterocycles. The quantitative estimate of drug-likeness (QED) is 0.740. The zero-order valence-electron chi connectivity index (χ0n) is 11.6. The van der Waals surface area contributed by atoms with Crippen LogP contribution >= 0.6 is 0 Å². The number of anilines is 1. The highest BCUT2D eigenvalue weighted by Crippen LogP contribution is 2.21. The zero-order valence-corrected chi connectivity index (χ0v) is 11.6. The maximum absolute atomic E-state index is 5.82. The van der Waals surface area contributed by atoms with Gasteiger partial charge in [-0.3, -0.25) is 0 Å². The van der Waals surface area contributed by atoms with Crippen molar-refractivity contribution >= 4 is 5.69 Å². The molecule has 0 radical (unpaired) electrons. The largest absolute Gasteiger partial charge is 0.399 e. The molecule has 6 heteroatoms. The molecule has 0 spiro atoms. The lowest BCUT2D eigenvalue weighted by Gasteiger charge is -2.07. The van der Waals surface area contributed by atoms with Gasteiger partial charge in [0.25, 0.3) is 0 Å². The van der Waals surface area contributed by atoms with Crippen molar-refractivity contribution in [1.82, 2.24) is 20.2 Å². The molecule has 2 aromatic carbocycles. The highest BCUT2D eigenvalue weighted by Gasteiger charge is 2.11. The number of benzene rings is 2. The van der Waals surface area contributed by atoms with Crippen molar-refractivity contribution in [2.75, 3.05) is 12.8 Å². The molecular weight excluding hydrogens is 266 g/mol. The van der Waals surface area contributed by atoms with Crippen molar-refractivity contribution in [2.24, 2.45) is 0 Å². The van der Waals surface area contributed by atoms with Crippen LogP contribution in [0.1, 0.15) is 5.56 Å². The lowest BCUT2D eigenvalue weighted by atomic mass is 10.1. The number of nitrogens with two attached hydrogens (primary N) is 1. The van der Waals surface area contributed by atoms with Gasteiger partial charge in [-0.1, -0.05) is 24.3 Å². The third-order valence-electron chi connectivity index (χ3n) is 3.08. The highest BCUT2D eigenvalue weighted by molar-refractivity contribution is 5.62. The van der Waals surface area contributed by atoms with Gasteiger partial charge >= 0.3 is 0 Å². The molecule has 0 fully saturated rings. The third kappa shape index (κ3) is 2.75. The first-order chi connectivity index (χ1) is 10.3. The van der Waals surface area contributed by atoms with Gasteiger partial charge in [0.1, 0.15) is 0 Å². The van der Waals surface area contributed by atoms with Crippen molar-refractivity contribution in [3.05, 3.63) is 54.1 Å². The van der Waals surface area contributed by atoms with E-state index in [1.807, 2.05) is 48.5 Å². The van der Waals surface area contributed by atoms with Crippen molar-refractivity contribution in [3.8, 4) is 17.1 Å². The van der Waals surface area contributed by atoms with Crippen LogP contribution in [0.2, 0.25) is 0 Å². The fourth-order valence-electron chi connectivity index (χ4n) is 2.16. The summed E-state index contributed by atoms with van der Waals surface area (Å²) in [6, 6.07) is 15.4. The lowest BCUT2D eigenvalue weighted by Crippen LogP contribution is -2.01. The molecule has 21 heavy (non-hydrogen) atoms. The van der Waals surface area contributed by atoms with Gasteiger partial charge in [0.2, 0.25) is 0 Å². The minimum Gasteiger partial charge on any atom is -0.399 e. The van der Waals surface area contributed by atoms with E-state index < -0.39 is 0 Å². The van der Waals surface area contributed by atoms with Crippen molar-refractivity contribution in [3.63, 3.8) is 0 Å². The van der Waals surface area contributed by atoms with E-state index in [1.54, 1.807) is 11.8 Å². The van der Waals surface area contributed by atoms with Crippen molar-refractivity contribution < 1.29 is 4.74 Å². The fraction of sp³-hybridized carbons (Fsp3) is 0.133. The number of tetrazole rings is 1. The predicted octanol–water partition coefficient (Wildman–Crippen LogP) is 2.06. The van der Waals surface area contributed by atoms with Crippen LogP contribution in [0.3, 0.4) is 0 Å². The first-order valence-corrected chi connectivity index (χ1v) is 6.50. The SMILES string of the molecule is COCc1cccc(-n2nnnc2-c2cccc(N)c2)c1. The monoisotopic (exact) mass is 281 g/mol. The van der Waals surface area contributed by atoms with Crippen LogP contribution < -0.4 is 5.73 Å². The smallest absolute Gasteiger partial charge is 0.187 e. The number of methoxy groups -OCH3 is 1. The molecule has 1 aromatic heterocycles. The maximum Gasteiger partial charge on any atom is 0.187 e. The second-order valence-electron chi connectivity index (χ2n) is 4.64. The summed E-state index contributed by atoms with van der Waals surface area (Å²) < 4.78 is 6.84. The summed E-state index contributed by atoms with van der Waals surface area (Å²) in [4.78, 5) is 0. The molecule has 6 nitrogen and oxygen atoms in total. The Kier molecular flexibility index (Phi) is 3.61. The van der Waals surface area contributed by atoms with E-state index in [0.717, 1.165) is 16.8 Å². The average molecular weight is 281 g/mol. The number of aromatic nitrogens is 4. The Morgan fingerprint density at radius 3 is 2.81 bits per heavy atom. The van der Waals surface area contributed by atoms with E-state index in [-0.39, 0.29) is 0 Å². The summed E-state index contributed by atoms with van der Waals surface area (Å²) in [5.74, 6) is 0.650. The normalized spacial score (nSPS) is 10.7. The second kappa shape index (κ2) is 5.72. The molecule has 0 bridgehead atoms. The number of nitrogens with zero attached hydrogens (tertiary/aromatic N) is 4. The van der Waals surface area contributed by atoms with E-state index in [9.17, 15) is 0 Å². The molecule has 0 saturated carbocycles. The summed E-state index contributed by atoms with van der Waals surface area (Å²) >= 11 is 0. The van der Waals surface area contributed by atoms with Gasteiger partial charge in [-0.15, -0.1) is 5.10 Å². The summed E-state index contributed by atoms with van der Waals surface area (Å²) in [6.45, 7) is 0.545. The maximum atomic E-state index is 5.82. The fourth-order valence-corrected chi connectivity index (χ4v) is 2.16. The molecule has 0 unspecified atom stereocenters. The lowest BCUT2D eigenvalue weighted by molar-refractivity contribution is 0.185. The standard InChI is InChI=1S/C15H15N5O/c1-21-10-11-4-2-7-14(8-11)20-15(17-18-19-20)12-5-3-6-13(16)9-12/h2-9H,10,16H2,1H3. The summed E-state index contributed by atoms with van der Waals surface area (Å²) in [5.41, 5.74) is 9.31. The van der Waals surface area contributed by atoms with E-state index in [1.165, 1.54) is 0 Å². The van der Waals surface area contributed by atoms with Crippen LogP contribution in [0.15, 0.2) is 48.5 Å². The van der Waals surface area contributed by atoms with E-state index in [2.05, 4.69) is 15.5 Å². The Bertz CT molecular complexity index is 753. The third-order valence-corrected chi connectivity index (χ3v) is 3.08. The van der Waals surface area contributed by atoms with Gasteiger partial charge in [-0.05, 0) is 40.3 Å². The highest BCUT2D eigenvalue weighted by atomic mass is 16.5. The number of hydrogen-bond acceptors (Lipinski definition) is 5. The molecule has 0 aliphatic rings. The minimum atomic E-state index is 0.545.